The van der Waals surface area contributed by atoms with Gasteiger partial charge in [-0.2, -0.15) is 0 Å². The summed E-state index contributed by atoms with van der Waals surface area (Å²) in [5.74, 6) is -1.01. The molecule has 23 heavy (non-hydrogen) atoms. The molecule has 1 aliphatic heterocycles. The summed E-state index contributed by atoms with van der Waals surface area (Å²) >= 11 is 0. The van der Waals surface area contributed by atoms with Gasteiger partial charge >= 0.3 is 0 Å². The molecule has 0 radical (unpaired) electrons. The van der Waals surface area contributed by atoms with Crippen LogP contribution in [0.5, 0.6) is 0 Å². The first kappa shape index (κ1) is 14.4. The fourth-order valence-electron chi connectivity index (χ4n) is 4.50. The quantitative estimate of drug-likeness (QED) is 0.865. The Labute approximate surface area is 132 Å². The van der Waals surface area contributed by atoms with Crippen molar-refractivity contribution in [2.45, 2.75) is 19.3 Å². The minimum Gasteiger partial charge on any atom is -0.325 e. The third-order valence-corrected chi connectivity index (χ3v) is 5.45. The van der Waals surface area contributed by atoms with E-state index in [0.29, 0.717) is 17.5 Å². The molecule has 1 N–H and O–H groups in total. The summed E-state index contributed by atoms with van der Waals surface area (Å²) in [6, 6.07) is 5.36. The third kappa shape index (κ3) is 2.24. The monoisotopic (exact) mass is 316 g/mol. The predicted octanol–water partition coefficient (Wildman–Crippen LogP) is 1.80. The van der Waals surface area contributed by atoms with Gasteiger partial charge in [0, 0.05) is 5.69 Å². The van der Waals surface area contributed by atoms with Gasteiger partial charge in [0.05, 0.1) is 11.8 Å². The molecule has 1 aromatic rings. The smallest absolute Gasteiger partial charge is 0.244 e. The highest BCUT2D eigenvalue weighted by atomic mass is 19.1. The van der Waals surface area contributed by atoms with Crippen molar-refractivity contribution in [2.75, 3.05) is 11.9 Å². The molecule has 120 valence electrons. The van der Waals surface area contributed by atoms with Gasteiger partial charge in [-0.15, -0.1) is 0 Å². The van der Waals surface area contributed by atoms with Gasteiger partial charge in [-0.1, -0.05) is 0 Å². The molecular weight excluding hydrogens is 299 g/mol. The number of halogens is 1. The molecule has 2 aliphatic carbocycles. The van der Waals surface area contributed by atoms with E-state index in [2.05, 4.69) is 5.32 Å². The van der Waals surface area contributed by atoms with E-state index in [1.807, 2.05) is 0 Å². The zero-order valence-corrected chi connectivity index (χ0v) is 12.5. The van der Waals surface area contributed by atoms with Crippen LogP contribution in [0.4, 0.5) is 10.1 Å². The highest BCUT2D eigenvalue weighted by Gasteiger charge is 2.60. The number of fused-ring (bicyclic) bond motifs is 5. The molecule has 4 atom stereocenters. The molecule has 3 amide bonds. The maximum Gasteiger partial charge on any atom is 0.244 e. The second-order valence-corrected chi connectivity index (χ2v) is 6.70. The number of carbonyl (C=O) groups excluding carboxylic acids is 3. The van der Waals surface area contributed by atoms with Gasteiger partial charge in [0.2, 0.25) is 17.7 Å². The van der Waals surface area contributed by atoms with Gasteiger partial charge < -0.3 is 5.32 Å². The Bertz CT molecular complexity index is 660. The van der Waals surface area contributed by atoms with Crippen LogP contribution in [0.3, 0.4) is 0 Å². The number of benzene rings is 1. The normalized spacial score (nSPS) is 31.6. The molecule has 1 aromatic carbocycles. The Morgan fingerprint density at radius 3 is 2.22 bits per heavy atom. The number of rotatable bonds is 3. The van der Waals surface area contributed by atoms with Crippen molar-refractivity contribution in [1.82, 2.24) is 4.90 Å². The lowest BCUT2D eigenvalue weighted by atomic mass is 9.81. The zero-order valence-electron chi connectivity index (χ0n) is 12.5. The van der Waals surface area contributed by atoms with E-state index in [9.17, 15) is 18.8 Å². The van der Waals surface area contributed by atoms with E-state index in [1.165, 1.54) is 24.3 Å². The molecule has 3 aliphatic rings. The van der Waals surface area contributed by atoms with Gasteiger partial charge in [-0.3, -0.25) is 19.3 Å². The Kier molecular flexibility index (Phi) is 3.21. The SMILES string of the molecule is O=C(CN1C(=O)[C@H]2[C@@H]3CC[C@@H](C3)[C@@H]2C1=O)Nc1ccc(F)cc1. The molecule has 6 heteroatoms. The first-order chi connectivity index (χ1) is 11.0. The van der Waals surface area contributed by atoms with E-state index in [0.717, 1.165) is 24.2 Å². The van der Waals surface area contributed by atoms with Crippen molar-refractivity contribution in [3.63, 3.8) is 0 Å². The summed E-state index contributed by atoms with van der Waals surface area (Å²) in [5, 5.41) is 2.59. The van der Waals surface area contributed by atoms with Crippen LogP contribution >= 0.6 is 0 Å². The van der Waals surface area contributed by atoms with Gasteiger partial charge in [-0.25, -0.2) is 4.39 Å². The molecular formula is C17H17FN2O3. The van der Waals surface area contributed by atoms with Gasteiger partial charge in [0.1, 0.15) is 12.4 Å². The molecule has 0 aromatic heterocycles. The van der Waals surface area contributed by atoms with Crippen LogP contribution in [0, 0.1) is 29.5 Å². The van der Waals surface area contributed by atoms with E-state index < -0.39 is 11.7 Å². The second kappa shape index (κ2) is 5.15. The number of anilines is 1. The average molecular weight is 316 g/mol. The fraction of sp³-hybridized carbons (Fsp3) is 0.471. The topological polar surface area (TPSA) is 66.5 Å². The lowest BCUT2D eigenvalue weighted by Gasteiger charge is -2.19. The van der Waals surface area contributed by atoms with Gasteiger partial charge in [0.15, 0.2) is 0 Å². The van der Waals surface area contributed by atoms with Crippen molar-refractivity contribution in [3.8, 4) is 0 Å². The van der Waals surface area contributed by atoms with Crippen molar-refractivity contribution in [1.29, 1.82) is 0 Å². The molecule has 1 saturated heterocycles. The predicted molar refractivity (Wildman–Crippen MR) is 79.6 cm³/mol. The van der Waals surface area contributed by atoms with Gasteiger partial charge in [0.25, 0.3) is 0 Å². The van der Waals surface area contributed by atoms with Crippen molar-refractivity contribution in [2.24, 2.45) is 23.7 Å². The summed E-state index contributed by atoms with van der Waals surface area (Å²) in [6.45, 7) is -0.262. The molecule has 1 heterocycles. The molecule has 2 saturated carbocycles. The van der Waals surface area contributed by atoms with Crippen LogP contribution in [0.1, 0.15) is 19.3 Å². The van der Waals surface area contributed by atoms with E-state index >= 15 is 0 Å². The Balaban J connectivity index is 1.44. The average Bonchev–Trinajstić information content (AvgIpc) is 3.19. The number of carbonyl (C=O) groups is 3. The minimum absolute atomic E-state index is 0.193. The molecule has 0 spiro atoms. The first-order valence-electron chi connectivity index (χ1n) is 7.95. The molecule has 3 fully saturated rings. The maximum atomic E-state index is 12.9. The molecule has 4 rings (SSSR count). The zero-order chi connectivity index (χ0) is 16.1. The standard InChI is InChI=1S/C17H17FN2O3/c18-11-3-5-12(6-4-11)19-13(21)8-20-16(22)14-9-1-2-10(7-9)15(14)17(20)23/h3-6,9-10,14-15H,1-2,7-8H2,(H,19,21)/t9-,10+,14-,15-/m0/s1. The van der Waals surface area contributed by atoms with Crippen LogP contribution in [-0.2, 0) is 14.4 Å². The molecule has 0 unspecified atom stereocenters. The third-order valence-electron chi connectivity index (χ3n) is 5.45. The fourth-order valence-corrected chi connectivity index (χ4v) is 4.50. The number of likely N-dealkylation sites (tertiary alicyclic amines) is 1. The number of hydrogen-bond acceptors (Lipinski definition) is 3. The van der Waals surface area contributed by atoms with Gasteiger partial charge in [-0.05, 0) is 55.4 Å². The van der Waals surface area contributed by atoms with Crippen molar-refractivity contribution >= 4 is 23.4 Å². The van der Waals surface area contributed by atoms with Crippen LogP contribution in [0.25, 0.3) is 0 Å². The highest BCUT2D eigenvalue weighted by molar-refractivity contribution is 6.09. The summed E-state index contributed by atoms with van der Waals surface area (Å²) in [6.07, 6.45) is 3.00. The number of hydrogen-bond donors (Lipinski definition) is 1. The van der Waals surface area contributed by atoms with Crippen LogP contribution < -0.4 is 5.32 Å². The lowest BCUT2D eigenvalue weighted by Crippen LogP contribution is -2.39. The summed E-state index contributed by atoms with van der Waals surface area (Å²) in [4.78, 5) is 38.2. The molecule has 2 bridgehead atoms. The number of nitrogens with zero attached hydrogens (tertiary/aromatic N) is 1. The Hall–Kier alpha value is -2.24. The van der Waals surface area contributed by atoms with Crippen molar-refractivity contribution in [3.05, 3.63) is 30.1 Å². The van der Waals surface area contributed by atoms with Crippen LogP contribution in [-0.4, -0.2) is 29.2 Å². The second-order valence-electron chi connectivity index (χ2n) is 6.70. The Morgan fingerprint density at radius 2 is 1.65 bits per heavy atom. The van der Waals surface area contributed by atoms with Crippen LogP contribution in [0.15, 0.2) is 24.3 Å². The lowest BCUT2D eigenvalue weighted by molar-refractivity contribution is -0.143. The number of imide groups is 1. The number of nitrogens with one attached hydrogen (secondary N) is 1. The summed E-state index contributed by atoms with van der Waals surface area (Å²) in [7, 11) is 0. The largest absolute Gasteiger partial charge is 0.325 e. The minimum atomic E-state index is -0.439. The summed E-state index contributed by atoms with van der Waals surface area (Å²) < 4.78 is 12.9. The van der Waals surface area contributed by atoms with E-state index in [1.54, 1.807) is 0 Å². The Morgan fingerprint density at radius 1 is 1.09 bits per heavy atom. The maximum absolute atomic E-state index is 12.9. The van der Waals surface area contributed by atoms with E-state index in [4.69, 9.17) is 0 Å². The van der Waals surface area contributed by atoms with Crippen LogP contribution in [0.2, 0.25) is 0 Å². The highest BCUT2D eigenvalue weighted by Crippen LogP contribution is 2.56. The number of amides is 3. The first-order valence-corrected chi connectivity index (χ1v) is 7.95. The van der Waals surface area contributed by atoms with Crippen molar-refractivity contribution < 1.29 is 18.8 Å². The summed E-state index contributed by atoms with van der Waals surface area (Å²) in [5.41, 5.74) is 0.441. The molecule has 5 nitrogen and oxygen atoms in total. The van der Waals surface area contributed by atoms with E-state index in [-0.39, 0.29) is 30.2 Å².